The highest BCUT2D eigenvalue weighted by molar-refractivity contribution is 5.85. The molecule has 3 N–H and O–H groups in total. The molecule has 0 amide bonds. The topological polar surface area (TPSA) is 104 Å². The van der Waals surface area contributed by atoms with Gasteiger partial charge >= 0.3 is 11.9 Å². The number of hydrogen-bond donors (Lipinski definition) is 3. The lowest BCUT2D eigenvalue weighted by atomic mass is 9.61. The second kappa shape index (κ2) is 4.01. The molecule has 5 rings (SSSR count). The molecular formula is C19H22O6. The van der Waals surface area contributed by atoms with E-state index in [9.17, 15) is 24.9 Å². The van der Waals surface area contributed by atoms with Crippen LogP contribution >= 0.6 is 0 Å². The number of ether oxygens (including phenoxy) is 1. The van der Waals surface area contributed by atoms with E-state index in [1.54, 1.807) is 6.92 Å². The fourth-order valence-electron chi connectivity index (χ4n) is 7.12. The molecule has 1 saturated heterocycles. The Morgan fingerprint density at radius 3 is 2.84 bits per heavy atom. The highest BCUT2D eigenvalue weighted by atomic mass is 16.6. The van der Waals surface area contributed by atoms with Crippen molar-refractivity contribution < 1.29 is 29.6 Å². The Kier molecular flexibility index (Phi) is 2.50. The van der Waals surface area contributed by atoms with Gasteiger partial charge in [-0.2, -0.15) is 0 Å². The molecule has 1 spiro atoms. The molecule has 4 aliphatic carbocycles. The van der Waals surface area contributed by atoms with Crippen LogP contribution in [0.3, 0.4) is 0 Å². The smallest absolute Gasteiger partial charge is 0.313 e. The van der Waals surface area contributed by atoms with E-state index < -0.39 is 45.9 Å². The summed E-state index contributed by atoms with van der Waals surface area (Å²) in [5.41, 5.74) is -3.56. The van der Waals surface area contributed by atoms with Gasteiger partial charge in [0, 0.05) is 11.8 Å². The summed E-state index contributed by atoms with van der Waals surface area (Å²) in [5.74, 6) is -2.93. The number of carboxylic acid groups (broad SMARTS) is 1. The van der Waals surface area contributed by atoms with E-state index in [-0.39, 0.29) is 24.7 Å². The molecule has 0 aromatic rings. The summed E-state index contributed by atoms with van der Waals surface area (Å²) in [6.07, 6.45) is 3.93. The Hall–Kier alpha value is -1.66. The van der Waals surface area contributed by atoms with Gasteiger partial charge in [-0.15, -0.1) is 0 Å². The summed E-state index contributed by atoms with van der Waals surface area (Å²) in [6.45, 7) is 5.74. The summed E-state index contributed by atoms with van der Waals surface area (Å²) >= 11 is 0. The van der Waals surface area contributed by atoms with E-state index in [1.165, 1.54) is 0 Å². The maximum absolute atomic E-state index is 12.7. The van der Waals surface area contributed by atoms with Crippen molar-refractivity contribution in [2.75, 3.05) is 0 Å². The number of aliphatic carboxylic acids is 1. The first-order chi connectivity index (χ1) is 11.6. The quantitative estimate of drug-likeness (QED) is 0.484. The van der Waals surface area contributed by atoms with Crippen LogP contribution in [0.1, 0.15) is 32.6 Å². The lowest BCUT2D eigenvalue weighted by Gasteiger charge is -2.46. The Bertz CT molecular complexity index is 772. The zero-order chi connectivity index (χ0) is 18.0. The van der Waals surface area contributed by atoms with Crippen molar-refractivity contribution in [1.82, 2.24) is 0 Å². The number of allylic oxidation sites excluding steroid dienone is 1. The van der Waals surface area contributed by atoms with Crippen LogP contribution in [0.4, 0.5) is 0 Å². The first kappa shape index (κ1) is 15.6. The number of carbonyl (C=O) groups is 2. The molecule has 8 atom stereocenters. The summed E-state index contributed by atoms with van der Waals surface area (Å²) in [5, 5.41) is 31.7. The van der Waals surface area contributed by atoms with Crippen LogP contribution in [-0.4, -0.2) is 44.6 Å². The highest BCUT2D eigenvalue weighted by Crippen LogP contribution is 2.77. The number of carboxylic acids is 1. The van der Waals surface area contributed by atoms with Gasteiger partial charge in [0.25, 0.3) is 0 Å². The third-order valence-electron chi connectivity index (χ3n) is 8.05. The molecule has 6 heteroatoms. The maximum Gasteiger partial charge on any atom is 0.313 e. The van der Waals surface area contributed by atoms with Gasteiger partial charge in [-0.05, 0) is 49.7 Å². The minimum Gasteiger partial charge on any atom is -0.481 e. The highest BCUT2D eigenvalue weighted by Gasteiger charge is 2.83. The van der Waals surface area contributed by atoms with Gasteiger partial charge in [-0.1, -0.05) is 12.7 Å². The summed E-state index contributed by atoms with van der Waals surface area (Å²) in [6, 6.07) is 0. The zero-order valence-electron chi connectivity index (χ0n) is 14.1. The van der Waals surface area contributed by atoms with E-state index in [2.05, 4.69) is 6.58 Å². The van der Waals surface area contributed by atoms with E-state index >= 15 is 0 Å². The first-order valence-corrected chi connectivity index (χ1v) is 8.84. The molecule has 0 aromatic carbocycles. The van der Waals surface area contributed by atoms with Crippen LogP contribution in [0, 0.1) is 28.6 Å². The van der Waals surface area contributed by atoms with Crippen LogP contribution in [0.2, 0.25) is 0 Å². The number of aliphatic hydroxyl groups excluding tert-OH is 1. The Balaban J connectivity index is 1.78. The van der Waals surface area contributed by atoms with Gasteiger partial charge in [0.2, 0.25) is 0 Å². The molecule has 0 unspecified atom stereocenters. The minimum atomic E-state index is -1.44. The molecule has 4 bridgehead atoms. The van der Waals surface area contributed by atoms with Crippen LogP contribution in [0.15, 0.2) is 24.3 Å². The van der Waals surface area contributed by atoms with Crippen LogP contribution in [0.5, 0.6) is 0 Å². The number of rotatable bonds is 1. The van der Waals surface area contributed by atoms with Crippen molar-refractivity contribution >= 4 is 11.9 Å². The molecule has 1 heterocycles. The van der Waals surface area contributed by atoms with Crippen LogP contribution in [0.25, 0.3) is 0 Å². The largest absolute Gasteiger partial charge is 0.481 e. The monoisotopic (exact) mass is 346 g/mol. The zero-order valence-corrected chi connectivity index (χ0v) is 14.1. The van der Waals surface area contributed by atoms with Gasteiger partial charge < -0.3 is 20.1 Å². The van der Waals surface area contributed by atoms with Gasteiger partial charge in [0.05, 0.1) is 17.4 Å². The molecule has 25 heavy (non-hydrogen) atoms. The maximum atomic E-state index is 12.7. The molecular weight excluding hydrogens is 324 g/mol. The van der Waals surface area contributed by atoms with Crippen LogP contribution in [-0.2, 0) is 14.3 Å². The molecule has 134 valence electrons. The summed E-state index contributed by atoms with van der Waals surface area (Å²) < 4.78 is 5.90. The molecule has 0 aromatic heterocycles. The standard InChI is InChI=1S/C19H22O6/c1-9-7-17-8-18(9,24)11(20)6-10(17)19-5-3-4-16(2,15(23)25-19)13(19)12(17)14(21)22/h3,5,10-13,20,24H,1,4,6-8H2,2H3,(H,21,22)/t10-,11-,12-,13-,16+,17-,18+,19+/m1/s1. The van der Waals surface area contributed by atoms with Crippen molar-refractivity contribution in [2.24, 2.45) is 28.6 Å². The summed E-state index contributed by atoms with van der Waals surface area (Å²) in [7, 11) is 0. The minimum absolute atomic E-state index is 0.168. The fraction of sp³-hybridized carbons (Fsp3) is 0.684. The number of esters is 1. The third-order valence-corrected chi connectivity index (χ3v) is 8.05. The Morgan fingerprint density at radius 1 is 1.44 bits per heavy atom. The Labute approximate surface area is 145 Å². The fourth-order valence-corrected chi connectivity index (χ4v) is 7.12. The number of aliphatic hydroxyl groups is 2. The average Bonchev–Trinajstić information content (AvgIpc) is 2.93. The van der Waals surface area contributed by atoms with Crippen molar-refractivity contribution in [3.8, 4) is 0 Å². The van der Waals surface area contributed by atoms with E-state index in [1.807, 2.05) is 12.2 Å². The number of hydrogen-bond acceptors (Lipinski definition) is 5. The van der Waals surface area contributed by atoms with Gasteiger partial charge in [-0.3, -0.25) is 9.59 Å². The average molecular weight is 346 g/mol. The molecule has 4 fully saturated rings. The lowest BCUT2D eigenvalue weighted by Crippen LogP contribution is -2.53. The second-order valence-corrected chi connectivity index (χ2v) is 8.98. The SMILES string of the molecule is C=C1C[C@@]23C[C@@]1(O)[C@H](O)C[C@H]2[C@]12C=CC[C@](C)(C(=O)O1)[C@H]2[C@@H]3C(=O)O. The number of carbonyl (C=O) groups excluding carboxylic acids is 1. The van der Waals surface area contributed by atoms with Crippen molar-refractivity contribution in [1.29, 1.82) is 0 Å². The summed E-state index contributed by atoms with van der Waals surface area (Å²) in [4.78, 5) is 25.0. The van der Waals surface area contributed by atoms with Crippen molar-refractivity contribution in [3.05, 3.63) is 24.3 Å². The third kappa shape index (κ3) is 1.36. The molecule has 6 nitrogen and oxygen atoms in total. The molecule has 0 radical (unpaired) electrons. The number of fused-ring (bicyclic) bond motifs is 1. The first-order valence-electron chi connectivity index (χ1n) is 8.84. The lowest BCUT2D eigenvalue weighted by molar-refractivity contribution is -0.167. The molecule has 3 saturated carbocycles. The van der Waals surface area contributed by atoms with Gasteiger partial charge in [0.1, 0.15) is 11.2 Å². The predicted molar refractivity (Wildman–Crippen MR) is 85.2 cm³/mol. The van der Waals surface area contributed by atoms with Crippen molar-refractivity contribution in [2.45, 2.75) is 49.9 Å². The molecule has 1 aliphatic heterocycles. The van der Waals surface area contributed by atoms with E-state index in [0.29, 0.717) is 18.4 Å². The van der Waals surface area contributed by atoms with E-state index in [0.717, 1.165) is 0 Å². The van der Waals surface area contributed by atoms with Gasteiger partial charge in [0.15, 0.2) is 0 Å². The normalized spacial score (nSPS) is 58.0. The van der Waals surface area contributed by atoms with E-state index in [4.69, 9.17) is 4.74 Å². The van der Waals surface area contributed by atoms with Crippen LogP contribution < -0.4 is 0 Å². The molecule has 5 aliphatic rings. The second-order valence-electron chi connectivity index (χ2n) is 8.98. The predicted octanol–water partition coefficient (Wildman–Crippen LogP) is 1.03. The van der Waals surface area contributed by atoms with Crippen molar-refractivity contribution in [3.63, 3.8) is 0 Å². The van der Waals surface area contributed by atoms with Gasteiger partial charge in [-0.25, -0.2) is 0 Å². The Morgan fingerprint density at radius 2 is 2.16 bits per heavy atom.